The van der Waals surface area contributed by atoms with E-state index in [2.05, 4.69) is 4.98 Å². The molecule has 1 aromatic rings. The molecule has 0 atom stereocenters. The van der Waals surface area contributed by atoms with Gasteiger partial charge in [-0.3, -0.25) is 4.98 Å². The molecule has 112 valence electrons. The Labute approximate surface area is 120 Å². The predicted octanol–water partition coefficient (Wildman–Crippen LogP) is 0.429. The lowest BCUT2D eigenvalue weighted by atomic mass is 9.99. The lowest BCUT2D eigenvalue weighted by molar-refractivity contribution is 0.262. The van der Waals surface area contributed by atoms with Crippen molar-refractivity contribution in [3.05, 3.63) is 30.1 Å². The zero-order valence-electron chi connectivity index (χ0n) is 11.8. The van der Waals surface area contributed by atoms with E-state index >= 15 is 0 Å². The number of nitrogens with two attached hydrogens (primary N) is 1. The molecule has 1 aliphatic rings. The predicted molar refractivity (Wildman–Crippen MR) is 78.0 cm³/mol. The van der Waals surface area contributed by atoms with Crippen LogP contribution in [-0.2, 0) is 16.8 Å². The van der Waals surface area contributed by atoms with Gasteiger partial charge in [-0.25, -0.2) is 0 Å². The van der Waals surface area contributed by atoms with Crippen LogP contribution >= 0.6 is 0 Å². The summed E-state index contributed by atoms with van der Waals surface area (Å²) in [6, 6.07) is 3.68. The first-order valence-electron chi connectivity index (χ1n) is 6.84. The molecular weight excluding hydrogens is 276 g/mol. The second-order valence-corrected chi connectivity index (χ2v) is 7.24. The lowest BCUT2D eigenvalue weighted by Gasteiger charge is -2.33. The van der Waals surface area contributed by atoms with Gasteiger partial charge >= 0.3 is 0 Å². The van der Waals surface area contributed by atoms with Crippen molar-refractivity contribution in [2.45, 2.75) is 19.4 Å². The molecule has 2 heterocycles. The van der Waals surface area contributed by atoms with Crippen LogP contribution < -0.4 is 5.73 Å². The molecule has 1 fully saturated rings. The highest BCUT2D eigenvalue weighted by Gasteiger charge is 2.30. The molecule has 1 aliphatic heterocycles. The summed E-state index contributed by atoms with van der Waals surface area (Å²) in [5.41, 5.74) is 6.52. The van der Waals surface area contributed by atoms with E-state index in [9.17, 15) is 8.42 Å². The van der Waals surface area contributed by atoms with Gasteiger partial charge in [0.1, 0.15) is 0 Å². The van der Waals surface area contributed by atoms with E-state index in [0.29, 0.717) is 32.1 Å². The van der Waals surface area contributed by atoms with E-state index in [1.165, 1.54) is 4.31 Å². The van der Waals surface area contributed by atoms with Gasteiger partial charge in [0.2, 0.25) is 0 Å². The van der Waals surface area contributed by atoms with Gasteiger partial charge in [0.25, 0.3) is 10.2 Å². The Morgan fingerprint density at radius 2 is 2.15 bits per heavy atom. The number of nitrogens with zero attached hydrogens (tertiary/aromatic N) is 3. The average Bonchev–Trinajstić information content (AvgIpc) is 2.48. The lowest BCUT2D eigenvalue weighted by Crippen LogP contribution is -2.46. The van der Waals surface area contributed by atoms with Gasteiger partial charge in [-0.15, -0.1) is 0 Å². The van der Waals surface area contributed by atoms with E-state index in [1.54, 1.807) is 23.7 Å². The van der Waals surface area contributed by atoms with Crippen LogP contribution in [0.25, 0.3) is 0 Å². The summed E-state index contributed by atoms with van der Waals surface area (Å²) < 4.78 is 27.9. The summed E-state index contributed by atoms with van der Waals surface area (Å²) in [5, 5.41) is 0. The Balaban J connectivity index is 1.99. The number of piperidine rings is 1. The maximum Gasteiger partial charge on any atom is 0.282 e. The first-order chi connectivity index (χ1) is 9.54. The highest BCUT2D eigenvalue weighted by molar-refractivity contribution is 7.86. The first kappa shape index (κ1) is 15.4. The summed E-state index contributed by atoms with van der Waals surface area (Å²) in [6.45, 7) is 2.09. The van der Waals surface area contributed by atoms with Gasteiger partial charge in [-0.05, 0) is 36.9 Å². The van der Waals surface area contributed by atoms with E-state index in [1.807, 2.05) is 12.1 Å². The molecule has 2 rings (SSSR count). The number of pyridine rings is 1. The van der Waals surface area contributed by atoms with Crippen LogP contribution in [0.4, 0.5) is 0 Å². The molecule has 0 bridgehead atoms. The van der Waals surface area contributed by atoms with Crippen molar-refractivity contribution in [3.63, 3.8) is 0 Å². The Bertz CT molecular complexity index is 512. The van der Waals surface area contributed by atoms with Gasteiger partial charge in [-0.1, -0.05) is 6.07 Å². The van der Waals surface area contributed by atoms with Crippen LogP contribution in [0.1, 0.15) is 18.4 Å². The van der Waals surface area contributed by atoms with Crippen LogP contribution in [0.5, 0.6) is 0 Å². The van der Waals surface area contributed by atoms with Crippen LogP contribution in [0.2, 0.25) is 0 Å². The standard InChI is InChI=1S/C13H22N4O2S/c1-16(11-13-3-2-6-15-10-13)20(18,19)17-7-4-12(9-14)5-8-17/h2-3,6,10,12H,4-5,7-9,11,14H2,1H3. The SMILES string of the molecule is CN(Cc1cccnc1)S(=O)(=O)N1CCC(CN)CC1. The molecular formula is C13H22N4O2S. The van der Waals surface area contributed by atoms with Crippen molar-refractivity contribution in [2.24, 2.45) is 11.7 Å². The summed E-state index contributed by atoms with van der Waals surface area (Å²) >= 11 is 0. The summed E-state index contributed by atoms with van der Waals surface area (Å²) in [5.74, 6) is 0.449. The van der Waals surface area contributed by atoms with Gasteiger partial charge < -0.3 is 5.73 Å². The molecule has 20 heavy (non-hydrogen) atoms. The van der Waals surface area contributed by atoms with E-state index in [0.717, 1.165) is 18.4 Å². The zero-order chi connectivity index (χ0) is 14.6. The second-order valence-electron chi connectivity index (χ2n) is 5.20. The van der Waals surface area contributed by atoms with Crippen molar-refractivity contribution in [3.8, 4) is 0 Å². The van der Waals surface area contributed by atoms with Crippen LogP contribution in [0.15, 0.2) is 24.5 Å². The smallest absolute Gasteiger partial charge is 0.282 e. The van der Waals surface area contributed by atoms with Crippen molar-refractivity contribution in [1.29, 1.82) is 0 Å². The third-order valence-corrected chi connectivity index (χ3v) is 5.69. The summed E-state index contributed by atoms with van der Waals surface area (Å²) in [4.78, 5) is 4.00. The van der Waals surface area contributed by atoms with Crippen LogP contribution in [0, 0.1) is 5.92 Å². The van der Waals surface area contributed by atoms with Crippen molar-refractivity contribution < 1.29 is 8.42 Å². The Kier molecular flexibility index (Phi) is 5.09. The second kappa shape index (κ2) is 6.62. The Morgan fingerprint density at radius 3 is 2.70 bits per heavy atom. The fourth-order valence-electron chi connectivity index (χ4n) is 2.40. The molecule has 0 spiro atoms. The van der Waals surface area contributed by atoms with Gasteiger partial charge in [0.05, 0.1) is 0 Å². The van der Waals surface area contributed by atoms with E-state index in [-0.39, 0.29) is 0 Å². The van der Waals surface area contributed by atoms with Crippen molar-refractivity contribution in [2.75, 3.05) is 26.7 Å². The minimum Gasteiger partial charge on any atom is -0.330 e. The molecule has 1 aromatic heterocycles. The molecule has 0 saturated carbocycles. The fourth-order valence-corrected chi connectivity index (χ4v) is 3.78. The molecule has 0 aliphatic carbocycles. The number of hydrogen-bond donors (Lipinski definition) is 1. The maximum atomic E-state index is 12.5. The molecule has 0 aromatic carbocycles. The third-order valence-electron chi connectivity index (χ3n) is 3.76. The highest BCUT2D eigenvalue weighted by atomic mass is 32.2. The monoisotopic (exact) mass is 298 g/mol. The number of rotatable bonds is 5. The molecule has 0 unspecified atom stereocenters. The zero-order valence-corrected chi connectivity index (χ0v) is 12.6. The maximum absolute atomic E-state index is 12.5. The molecule has 7 heteroatoms. The molecule has 0 radical (unpaired) electrons. The molecule has 2 N–H and O–H groups in total. The Hall–Kier alpha value is -1.02. The molecule has 1 saturated heterocycles. The first-order valence-corrected chi connectivity index (χ1v) is 8.24. The van der Waals surface area contributed by atoms with Gasteiger partial charge in [0.15, 0.2) is 0 Å². The number of aromatic nitrogens is 1. The third kappa shape index (κ3) is 3.54. The van der Waals surface area contributed by atoms with E-state index < -0.39 is 10.2 Å². The molecule has 0 amide bonds. The molecule has 6 nitrogen and oxygen atoms in total. The summed E-state index contributed by atoms with van der Waals surface area (Å²) in [6.07, 6.45) is 5.05. The van der Waals surface area contributed by atoms with Crippen molar-refractivity contribution in [1.82, 2.24) is 13.6 Å². The largest absolute Gasteiger partial charge is 0.330 e. The highest BCUT2D eigenvalue weighted by Crippen LogP contribution is 2.20. The van der Waals surface area contributed by atoms with Crippen molar-refractivity contribution >= 4 is 10.2 Å². The van der Waals surface area contributed by atoms with Crippen LogP contribution in [0.3, 0.4) is 0 Å². The number of hydrogen-bond acceptors (Lipinski definition) is 4. The van der Waals surface area contributed by atoms with E-state index in [4.69, 9.17) is 5.73 Å². The summed E-state index contributed by atoms with van der Waals surface area (Å²) in [7, 11) is -1.79. The Morgan fingerprint density at radius 1 is 1.45 bits per heavy atom. The quantitative estimate of drug-likeness (QED) is 0.855. The fraction of sp³-hybridized carbons (Fsp3) is 0.615. The normalized spacial score (nSPS) is 18.6. The van der Waals surface area contributed by atoms with Gasteiger partial charge in [0, 0.05) is 39.1 Å². The average molecular weight is 298 g/mol. The minimum absolute atomic E-state index is 0.340. The topological polar surface area (TPSA) is 79.5 Å². The van der Waals surface area contributed by atoms with Crippen LogP contribution in [-0.4, -0.2) is 48.7 Å². The van der Waals surface area contributed by atoms with Gasteiger partial charge in [-0.2, -0.15) is 17.0 Å². The minimum atomic E-state index is -3.39.